The van der Waals surface area contributed by atoms with Crippen molar-refractivity contribution in [3.05, 3.63) is 23.8 Å². The highest BCUT2D eigenvalue weighted by Crippen LogP contribution is 2.40. The van der Waals surface area contributed by atoms with Crippen molar-refractivity contribution in [1.82, 2.24) is 25.4 Å². The summed E-state index contributed by atoms with van der Waals surface area (Å²) in [6, 6.07) is 4.73. The zero-order chi connectivity index (χ0) is 43.6. The van der Waals surface area contributed by atoms with Crippen LogP contribution in [0.4, 0.5) is 0 Å². The summed E-state index contributed by atoms with van der Waals surface area (Å²) in [5.41, 5.74) is 2.77. The number of nitrogens with zero attached hydrogens (tertiary/aromatic N) is 5. The van der Waals surface area contributed by atoms with Crippen molar-refractivity contribution in [3.8, 4) is 0 Å². The van der Waals surface area contributed by atoms with Gasteiger partial charge in [0, 0.05) is 37.6 Å². The first-order valence-electron chi connectivity index (χ1n) is 20.8. The molecule has 2 aromatic rings. The lowest BCUT2D eigenvalue weighted by Gasteiger charge is -2.47. The minimum absolute atomic E-state index is 0.0391. The number of aryl methyl sites for hydroxylation is 1. The molecule has 0 aliphatic carbocycles. The molecule has 3 aliphatic rings. The fourth-order valence-corrected chi connectivity index (χ4v) is 9.12. The Morgan fingerprint density at radius 2 is 1.83 bits per heavy atom. The molecule has 3 aliphatic heterocycles. The first-order valence-corrected chi connectivity index (χ1v) is 20.8. The van der Waals surface area contributed by atoms with Gasteiger partial charge in [0.25, 0.3) is 0 Å². The number of ketones is 1. The van der Waals surface area contributed by atoms with Crippen molar-refractivity contribution in [1.29, 1.82) is 0 Å². The molecule has 14 atom stereocenters. The highest BCUT2D eigenvalue weighted by atomic mass is 16.7. The van der Waals surface area contributed by atoms with E-state index < -0.39 is 89.3 Å². The highest BCUT2D eigenvalue weighted by molar-refractivity contribution is 6.00. The summed E-state index contributed by atoms with van der Waals surface area (Å²) in [4.78, 5) is 53.7. The number of hydroxylamine groups is 1. The van der Waals surface area contributed by atoms with E-state index in [0.717, 1.165) is 11.1 Å². The zero-order valence-electron chi connectivity index (χ0n) is 36.7. The van der Waals surface area contributed by atoms with Gasteiger partial charge in [-0.3, -0.25) is 19.2 Å². The van der Waals surface area contributed by atoms with Crippen LogP contribution in [0.5, 0.6) is 0 Å². The molecule has 1 unspecified atom stereocenters. The van der Waals surface area contributed by atoms with Gasteiger partial charge in [0.1, 0.15) is 29.2 Å². The van der Waals surface area contributed by atoms with Crippen LogP contribution in [0.2, 0.25) is 0 Å². The van der Waals surface area contributed by atoms with Crippen molar-refractivity contribution >= 4 is 34.4 Å². The van der Waals surface area contributed by atoms with Crippen molar-refractivity contribution < 1.29 is 53.1 Å². The van der Waals surface area contributed by atoms with Gasteiger partial charge in [-0.1, -0.05) is 39.0 Å². The van der Waals surface area contributed by atoms with Crippen molar-refractivity contribution in [2.24, 2.45) is 35.7 Å². The molecule has 0 radical (unpaired) electrons. The number of fused-ring (bicyclic) bond motifs is 6. The van der Waals surface area contributed by atoms with Crippen molar-refractivity contribution in [2.45, 2.75) is 148 Å². The molecule has 0 saturated carbocycles. The lowest BCUT2D eigenvalue weighted by atomic mass is 9.73. The van der Waals surface area contributed by atoms with Crippen LogP contribution in [0.1, 0.15) is 87.1 Å². The third-order valence-corrected chi connectivity index (χ3v) is 12.4. The molecule has 1 aromatic carbocycles. The first-order chi connectivity index (χ1) is 27.7. The number of carbonyl (C=O) groups is 3. The van der Waals surface area contributed by atoms with E-state index in [2.05, 4.69) is 20.8 Å². The molecule has 2 bridgehead atoms. The van der Waals surface area contributed by atoms with Crippen molar-refractivity contribution in [3.63, 3.8) is 0 Å². The number of carbonyl (C=O) groups excluding carboxylic acids is 3. The number of esters is 1. The maximum atomic E-state index is 14.5. The molecule has 1 amide bonds. The third-order valence-electron chi connectivity index (χ3n) is 12.4. The lowest BCUT2D eigenvalue weighted by Crippen LogP contribution is -2.60. The van der Waals surface area contributed by atoms with E-state index in [9.17, 15) is 24.6 Å². The van der Waals surface area contributed by atoms with Crippen LogP contribution in [-0.4, -0.2) is 141 Å². The summed E-state index contributed by atoms with van der Waals surface area (Å²) in [7, 11) is 5.56. The summed E-state index contributed by atoms with van der Waals surface area (Å²) in [6.45, 7) is 15.3. The molecule has 4 heterocycles. The molecule has 330 valence electrons. The summed E-state index contributed by atoms with van der Waals surface area (Å²) in [6.07, 6.45) is -4.94. The second-order valence-electron chi connectivity index (χ2n) is 17.6. The molecular weight excluding hydrogens is 764 g/mol. The van der Waals surface area contributed by atoms with Crippen molar-refractivity contribution in [2.75, 3.05) is 27.3 Å². The topological polar surface area (TPSA) is 205 Å². The Labute approximate surface area is 347 Å². The van der Waals surface area contributed by atoms with E-state index in [-0.39, 0.29) is 44.8 Å². The van der Waals surface area contributed by atoms with Crippen LogP contribution >= 0.6 is 0 Å². The molecule has 1 aromatic heterocycles. The average Bonchev–Trinajstić information content (AvgIpc) is 3.54. The fraction of sp³-hybridized carbons (Fsp3) is 0.762. The Hall–Kier alpha value is -3.26. The number of aliphatic hydroxyl groups excluding tert-OH is 1. The van der Waals surface area contributed by atoms with Crippen LogP contribution in [0.25, 0.3) is 11.0 Å². The summed E-state index contributed by atoms with van der Waals surface area (Å²) < 4.78 is 34.3. The Morgan fingerprint density at radius 1 is 1.12 bits per heavy atom. The predicted octanol–water partition coefficient (Wildman–Crippen LogP) is 2.92. The average molecular weight is 831 g/mol. The number of nitrogens with one attached hydrogen (secondary N) is 1. The van der Waals surface area contributed by atoms with Gasteiger partial charge in [-0.25, -0.2) is 9.67 Å². The summed E-state index contributed by atoms with van der Waals surface area (Å²) >= 11 is 0. The van der Waals surface area contributed by atoms with Gasteiger partial charge < -0.3 is 38.8 Å². The first kappa shape index (κ1) is 46.8. The second kappa shape index (κ2) is 19.2. The van der Waals surface area contributed by atoms with Gasteiger partial charge in [-0.05, 0) is 84.7 Å². The van der Waals surface area contributed by atoms with Gasteiger partial charge in [0.05, 0.1) is 55.3 Å². The molecule has 3 saturated heterocycles. The summed E-state index contributed by atoms with van der Waals surface area (Å²) in [5.74, 6) is -5.21. The molecule has 59 heavy (non-hydrogen) atoms. The fourth-order valence-electron chi connectivity index (χ4n) is 9.12. The molecular formula is C42H66N6O11. The molecule has 3 fully saturated rings. The number of ether oxygens (including phenoxy) is 5. The molecule has 17 nitrogen and oxygen atoms in total. The number of rotatable bonds is 8. The largest absolute Gasteiger partial charge is 0.459 e. The number of hydrogen-bond acceptors (Lipinski definition) is 15. The monoisotopic (exact) mass is 830 g/mol. The van der Waals surface area contributed by atoms with Gasteiger partial charge in [-0.2, -0.15) is 5.48 Å². The Kier molecular flexibility index (Phi) is 15.2. The lowest BCUT2D eigenvalue weighted by molar-refractivity contribution is -0.298. The number of hydrogen-bond donors (Lipinski definition) is 3. The predicted molar refractivity (Wildman–Crippen MR) is 217 cm³/mol. The van der Waals surface area contributed by atoms with E-state index >= 15 is 0 Å². The van der Waals surface area contributed by atoms with E-state index in [1.54, 1.807) is 18.5 Å². The van der Waals surface area contributed by atoms with E-state index in [1.807, 2.05) is 71.9 Å². The van der Waals surface area contributed by atoms with Gasteiger partial charge in [-0.15, -0.1) is 5.10 Å². The number of cyclic esters (lactones) is 1. The van der Waals surface area contributed by atoms with E-state index in [4.69, 9.17) is 28.5 Å². The SMILES string of the molecule is CC[C@H]1OC(=O)[C@H](C)C(=O)[C@H](C)[C@@H](O[C@H]2O[C@H](C)C[C@H](N(C)C)[C@H]2O)[C@@]2(C)C[C@@H](C)C(=NC(C)=O)[C@H](C)[C@@H](OCC(NOCc3ccc4c(c3)nnn4C)CO2)[C@]1(C)O. The van der Waals surface area contributed by atoms with Crippen LogP contribution < -0.4 is 5.48 Å². The smallest absolute Gasteiger partial charge is 0.316 e. The Balaban J connectivity index is 1.62. The number of amides is 1. The molecule has 0 spiro atoms. The standard InChI is InChI=1S/C42H66N6O11/c1-13-33-42(9,53)38-24(4)34(43-27(7)49)22(2)18-41(8,55-21-29(20-54-38)45-56-19-28-14-15-31-30(17-28)44-46-48(31)12)37(25(5)35(50)26(6)39(52)58-33)59-40-36(51)32(47(10)11)16-23(3)57-40/h14-15,17,22-26,29,32-33,36-38,40,45,51,53H,13,16,18-21H2,1-12H3/t22-,23-,24+,25+,26-,29?,32+,33-,36-,37-,38-,40-,41-,42-/m1/s1. The van der Waals surface area contributed by atoms with Gasteiger partial charge in [0.15, 0.2) is 12.1 Å². The highest BCUT2D eigenvalue weighted by Gasteiger charge is 2.53. The third kappa shape index (κ3) is 10.4. The maximum Gasteiger partial charge on any atom is 0.316 e. The van der Waals surface area contributed by atoms with E-state index in [1.165, 1.54) is 20.8 Å². The number of aromatic nitrogens is 3. The van der Waals surface area contributed by atoms with E-state index in [0.29, 0.717) is 17.6 Å². The number of likely N-dealkylation sites (N-methyl/N-ethyl adjacent to an activating group) is 1. The molecule has 5 rings (SSSR count). The quantitative estimate of drug-likeness (QED) is 0.199. The van der Waals surface area contributed by atoms with Crippen LogP contribution in [0.15, 0.2) is 23.2 Å². The van der Waals surface area contributed by atoms with Gasteiger partial charge in [0.2, 0.25) is 5.91 Å². The summed E-state index contributed by atoms with van der Waals surface area (Å²) in [5, 5.41) is 32.4. The second-order valence-corrected chi connectivity index (χ2v) is 17.6. The number of benzene rings is 1. The normalized spacial score (nSPS) is 38.8. The minimum atomic E-state index is -1.82. The molecule has 17 heteroatoms. The number of aliphatic imine (C=N–C) groups is 1. The zero-order valence-corrected chi connectivity index (χ0v) is 36.7. The van der Waals surface area contributed by atoms with Gasteiger partial charge >= 0.3 is 5.97 Å². The Morgan fingerprint density at radius 3 is 2.49 bits per heavy atom. The minimum Gasteiger partial charge on any atom is -0.459 e. The van der Waals surface area contributed by atoms with Crippen LogP contribution in [0.3, 0.4) is 0 Å². The van der Waals surface area contributed by atoms with Crippen LogP contribution in [-0.2, 0) is 56.6 Å². The number of Topliss-reactive ketones (excluding diaryl/α,β-unsaturated/α-hetero) is 1. The number of aliphatic hydroxyl groups is 2. The Bertz CT molecular complexity index is 1820. The van der Waals surface area contributed by atoms with Crippen LogP contribution in [0, 0.1) is 23.7 Å². The molecule has 3 N–H and O–H groups in total. The maximum absolute atomic E-state index is 14.5.